The van der Waals surface area contributed by atoms with E-state index in [4.69, 9.17) is 4.74 Å². The molecule has 0 aliphatic carbocycles. The lowest BCUT2D eigenvalue weighted by molar-refractivity contribution is 0.102. The number of benzene rings is 2. The quantitative estimate of drug-likeness (QED) is 0.342. The largest absolute Gasteiger partial charge is 0.491 e. The molecule has 170 valence electrons. The van der Waals surface area contributed by atoms with Gasteiger partial charge in [0.15, 0.2) is 0 Å². The third-order valence-corrected chi connectivity index (χ3v) is 7.03. The molecular formula is C22H26N4O4S2. The zero-order chi connectivity index (χ0) is 23.1. The Morgan fingerprint density at radius 1 is 1.12 bits per heavy atom. The van der Waals surface area contributed by atoms with Crippen molar-refractivity contribution in [3.63, 3.8) is 0 Å². The molecule has 10 heteroatoms. The van der Waals surface area contributed by atoms with Crippen LogP contribution in [-0.4, -0.2) is 37.2 Å². The minimum atomic E-state index is -3.80. The molecule has 0 spiro atoms. The zero-order valence-corrected chi connectivity index (χ0v) is 19.8. The Labute approximate surface area is 192 Å². The highest BCUT2D eigenvalue weighted by molar-refractivity contribution is 7.91. The van der Waals surface area contributed by atoms with Gasteiger partial charge in [-0.05, 0) is 63.4 Å². The van der Waals surface area contributed by atoms with Crippen LogP contribution in [0.15, 0.2) is 52.9 Å². The van der Waals surface area contributed by atoms with Gasteiger partial charge in [-0.1, -0.05) is 41.2 Å². The van der Waals surface area contributed by atoms with Crippen LogP contribution in [0.1, 0.15) is 41.8 Å². The fraction of sp³-hybridized carbons (Fsp3) is 0.318. The number of carbonyl (C=O) groups excluding carboxylic acids is 1. The van der Waals surface area contributed by atoms with Crippen molar-refractivity contribution in [3.8, 4) is 5.75 Å². The van der Waals surface area contributed by atoms with Gasteiger partial charge in [-0.15, -0.1) is 10.2 Å². The maximum absolute atomic E-state index is 12.5. The highest BCUT2D eigenvalue weighted by atomic mass is 32.2. The van der Waals surface area contributed by atoms with Crippen LogP contribution in [0.25, 0.3) is 0 Å². The third-order valence-electron chi connectivity index (χ3n) is 4.37. The lowest BCUT2D eigenvalue weighted by Crippen LogP contribution is -2.25. The fourth-order valence-corrected chi connectivity index (χ4v) is 4.90. The average Bonchev–Trinajstić information content (AvgIpc) is 3.21. The Bertz CT molecular complexity index is 1160. The van der Waals surface area contributed by atoms with Crippen molar-refractivity contribution in [2.75, 3.05) is 11.9 Å². The van der Waals surface area contributed by atoms with E-state index in [0.29, 0.717) is 12.0 Å². The van der Waals surface area contributed by atoms with Crippen LogP contribution in [0, 0.1) is 6.92 Å². The molecule has 1 aromatic heterocycles. The molecule has 1 amide bonds. The van der Waals surface area contributed by atoms with Gasteiger partial charge in [-0.25, -0.2) is 13.1 Å². The van der Waals surface area contributed by atoms with E-state index in [1.165, 1.54) is 0 Å². The molecule has 0 aliphatic heterocycles. The van der Waals surface area contributed by atoms with Crippen molar-refractivity contribution in [2.24, 2.45) is 0 Å². The predicted octanol–water partition coefficient (Wildman–Crippen LogP) is 3.80. The average molecular weight is 475 g/mol. The van der Waals surface area contributed by atoms with Gasteiger partial charge in [0.25, 0.3) is 15.9 Å². The minimum absolute atomic E-state index is 0.118. The Balaban J connectivity index is 1.49. The maximum Gasteiger partial charge on any atom is 0.269 e. The van der Waals surface area contributed by atoms with E-state index in [1.807, 2.05) is 51.1 Å². The van der Waals surface area contributed by atoms with Crippen LogP contribution in [0.5, 0.6) is 5.75 Å². The molecule has 3 rings (SSSR count). The second kappa shape index (κ2) is 10.7. The fourth-order valence-electron chi connectivity index (χ4n) is 2.89. The van der Waals surface area contributed by atoms with Gasteiger partial charge in [-0.3, -0.25) is 10.1 Å². The summed E-state index contributed by atoms with van der Waals surface area (Å²) in [4.78, 5) is 12.3. The van der Waals surface area contributed by atoms with E-state index in [0.717, 1.165) is 34.6 Å². The number of ether oxygens (including phenoxy) is 1. The molecule has 2 N–H and O–H groups in total. The summed E-state index contributed by atoms with van der Waals surface area (Å²) in [5, 5.41) is 10.2. The number of aromatic nitrogens is 2. The molecule has 0 radical (unpaired) electrons. The molecule has 0 saturated carbocycles. The van der Waals surface area contributed by atoms with Crippen molar-refractivity contribution >= 4 is 32.4 Å². The minimum Gasteiger partial charge on any atom is -0.491 e. The molecule has 0 fully saturated rings. The molecule has 0 atom stereocenters. The van der Waals surface area contributed by atoms with Gasteiger partial charge in [-0.2, -0.15) is 0 Å². The van der Waals surface area contributed by atoms with Gasteiger partial charge in [0, 0.05) is 12.1 Å². The highest BCUT2D eigenvalue weighted by Crippen LogP contribution is 2.21. The van der Waals surface area contributed by atoms with Crippen molar-refractivity contribution < 1.29 is 17.9 Å². The zero-order valence-electron chi connectivity index (χ0n) is 18.2. The first kappa shape index (κ1) is 23.8. The number of nitrogens with one attached hydrogen (secondary N) is 2. The Morgan fingerprint density at radius 3 is 2.56 bits per heavy atom. The highest BCUT2D eigenvalue weighted by Gasteiger charge is 2.20. The lowest BCUT2D eigenvalue weighted by Gasteiger charge is -2.10. The van der Waals surface area contributed by atoms with Crippen molar-refractivity contribution in [1.82, 2.24) is 14.9 Å². The van der Waals surface area contributed by atoms with Crippen LogP contribution in [-0.2, 0) is 16.4 Å². The smallest absolute Gasteiger partial charge is 0.269 e. The van der Waals surface area contributed by atoms with Gasteiger partial charge < -0.3 is 4.74 Å². The molecule has 1 heterocycles. The number of nitrogens with zero attached hydrogens (tertiary/aromatic N) is 2. The van der Waals surface area contributed by atoms with Gasteiger partial charge in [0.05, 0.1) is 6.10 Å². The molecule has 32 heavy (non-hydrogen) atoms. The van der Waals surface area contributed by atoms with Crippen LogP contribution in [0.2, 0.25) is 0 Å². The standard InChI is InChI=1S/C22H26N4O4S2/c1-15(2)30-19-11-9-17(10-12-19)7-5-13-23-32(28,29)22-26-25-21(31-22)24-20(27)18-8-4-6-16(3)14-18/h4,6,8-12,14-15,23H,5,7,13H2,1-3H3,(H,24,25,27). The van der Waals surface area contributed by atoms with Crippen LogP contribution in [0.3, 0.4) is 0 Å². The second-order valence-corrected chi connectivity index (χ2v) is 10.4. The summed E-state index contributed by atoms with van der Waals surface area (Å²) in [6.07, 6.45) is 1.46. The normalized spacial score (nSPS) is 11.5. The predicted molar refractivity (Wildman–Crippen MR) is 125 cm³/mol. The monoisotopic (exact) mass is 474 g/mol. The van der Waals surface area contributed by atoms with E-state index in [-0.39, 0.29) is 28.0 Å². The van der Waals surface area contributed by atoms with E-state index < -0.39 is 10.0 Å². The number of rotatable bonds is 10. The number of carbonyl (C=O) groups is 1. The molecule has 0 bridgehead atoms. The van der Waals surface area contributed by atoms with E-state index in [2.05, 4.69) is 20.2 Å². The van der Waals surface area contributed by atoms with Crippen molar-refractivity contribution in [3.05, 3.63) is 65.2 Å². The topological polar surface area (TPSA) is 110 Å². The molecule has 0 saturated heterocycles. The van der Waals surface area contributed by atoms with Crippen molar-refractivity contribution in [1.29, 1.82) is 0 Å². The number of anilines is 1. The Kier molecular flexibility index (Phi) is 7.94. The number of hydrogen-bond acceptors (Lipinski definition) is 7. The first-order valence-electron chi connectivity index (χ1n) is 10.2. The number of hydrogen-bond donors (Lipinski definition) is 2. The van der Waals surface area contributed by atoms with Gasteiger partial charge >= 0.3 is 0 Å². The molecular weight excluding hydrogens is 448 g/mol. The van der Waals surface area contributed by atoms with Crippen LogP contribution < -0.4 is 14.8 Å². The van der Waals surface area contributed by atoms with Crippen molar-refractivity contribution in [2.45, 2.75) is 44.1 Å². The first-order chi connectivity index (χ1) is 15.2. The Morgan fingerprint density at radius 2 is 1.88 bits per heavy atom. The summed E-state index contributed by atoms with van der Waals surface area (Å²) in [5.41, 5.74) is 2.51. The van der Waals surface area contributed by atoms with E-state index in [9.17, 15) is 13.2 Å². The van der Waals surface area contributed by atoms with Gasteiger partial charge in [0.1, 0.15) is 5.75 Å². The van der Waals surface area contributed by atoms with E-state index in [1.54, 1.807) is 18.2 Å². The summed E-state index contributed by atoms with van der Waals surface area (Å²) in [6.45, 7) is 6.09. The summed E-state index contributed by atoms with van der Waals surface area (Å²) in [5.74, 6) is 0.442. The molecule has 2 aromatic carbocycles. The molecule has 0 aliphatic rings. The lowest BCUT2D eigenvalue weighted by atomic mass is 10.1. The first-order valence-corrected chi connectivity index (χ1v) is 12.5. The molecule has 3 aromatic rings. The second-order valence-electron chi connectivity index (χ2n) is 7.51. The Hall–Kier alpha value is -2.82. The number of amides is 1. The SMILES string of the molecule is Cc1cccc(C(=O)Nc2nnc(S(=O)(=O)NCCCc3ccc(OC(C)C)cc3)s2)c1. The maximum atomic E-state index is 12.5. The number of sulfonamides is 1. The summed E-state index contributed by atoms with van der Waals surface area (Å²) in [7, 11) is -3.80. The van der Waals surface area contributed by atoms with Crippen LogP contribution >= 0.6 is 11.3 Å². The van der Waals surface area contributed by atoms with Crippen LogP contribution in [0.4, 0.5) is 5.13 Å². The summed E-state index contributed by atoms with van der Waals surface area (Å²) >= 11 is 0.809. The molecule has 0 unspecified atom stereocenters. The van der Waals surface area contributed by atoms with Gasteiger partial charge in [0.2, 0.25) is 9.47 Å². The van der Waals surface area contributed by atoms with E-state index >= 15 is 0 Å². The third kappa shape index (κ3) is 6.84. The summed E-state index contributed by atoms with van der Waals surface area (Å²) < 4.78 is 32.9. The molecule has 8 nitrogen and oxygen atoms in total. The summed E-state index contributed by atoms with van der Waals surface area (Å²) in [6, 6.07) is 14.8. The number of aryl methyl sites for hydroxylation is 2.